The maximum atomic E-state index is 10.3. The average molecular weight is 416 g/mol. The number of carboxylic acid groups (broad SMARTS) is 1. The first-order valence-electron chi connectivity index (χ1n) is 3.15. The number of hydrogen-bond donors (Lipinski definition) is 1. The molecule has 0 aliphatic carbocycles. The molecule has 0 unspecified atom stereocenters. The van der Waals surface area contributed by atoms with Gasteiger partial charge in [-0.15, -0.1) is 0 Å². The summed E-state index contributed by atoms with van der Waals surface area (Å²) >= 11 is -0.472. The van der Waals surface area contributed by atoms with Gasteiger partial charge in [-0.2, -0.15) is 11.4 Å². The number of benzene rings is 1. The van der Waals surface area contributed by atoms with Crippen molar-refractivity contribution in [2.45, 2.75) is 0 Å². The third-order valence-corrected chi connectivity index (χ3v) is 1.27. The van der Waals surface area contributed by atoms with Crippen molar-refractivity contribution < 1.29 is 26.4 Å². The molecule has 80 valence electrons. The van der Waals surface area contributed by atoms with Crippen LogP contribution in [0.2, 0.25) is 0 Å². The van der Waals surface area contributed by atoms with Crippen molar-refractivity contribution in [3.05, 3.63) is 35.2 Å². The zero-order valence-corrected chi connectivity index (χ0v) is 10.4. The Morgan fingerprint density at radius 2 is 1.79 bits per heavy atom. The molecule has 0 aliphatic heterocycles. The zero-order chi connectivity index (χ0) is 11.1. The summed E-state index contributed by atoms with van der Waals surface area (Å²) in [6.07, 6.45) is 0. The maximum Gasteiger partial charge on any atom is 0.335 e. The molecule has 0 bridgehead atoms. The molecule has 0 aromatic heterocycles. The molecule has 0 radical (unpaired) electrons. The van der Waals surface area contributed by atoms with Crippen molar-refractivity contribution in [1.82, 2.24) is 0 Å². The monoisotopic (exact) mass is 415 g/mol. The number of halogens is 2. The van der Waals surface area contributed by atoms with Gasteiger partial charge in [0.15, 0.2) is 0 Å². The van der Waals surface area contributed by atoms with Crippen molar-refractivity contribution in [1.29, 1.82) is 0 Å². The van der Waals surface area contributed by atoms with E-state index in [-0.39, 0.29) is 16.9 Å². The Kier molecular flexibility index (Phi) is 6.71. The summed E-state index contributed by atoms with van der Waals surface area (Å²) in [6.45, 7) is 0. The molecule has 14 heavy (non-hydrogen) atoms. The number of carbonyl (C=O) groups is 1. The van der Waals surface area contributed by atoms with E-state index in [4.69, 9.17) is 35.4 Å². The van der Waals surface area contributed by atoms with Crippen LogP contribution in [0.4, 0.5) is 11.4 Å². The van der Waals surface area contributed by atoms with Crippen molar-refractivity contribution in [2.75, 3.05) is 0 Å². The van der Waals surface area contributed by atoms with Gasteiger partial charge in [-0.05, 0) is 6.07 Å². The maximum absolute atomic E-state index is 10.3. The summed E-state index contributed by atoms with van der Waals surface area (Å²) < 4.78 is 0. The Balaban J connectivity index is 0.000000500. The Morgan fingerprint density at radius 3 is 2.14 bits per heavy atom. The van der Waals surface area contributed by atoms with E-state index in [1.54, 1.807) is 0 Å². The van der Waals surface area contributed by atoms with Crippen molar-refractivity contribution in [3.8, 4) is 0 Å². The normalized spacial score (nSPS) is 9.00. The fourth-order valence-corrected chi connectivity index (χ4v) is 0.677. The Bertz CT molecular complexity index is 323. The molecule has 1 aromatic rings. The van der Waals surface area contributed by atoms with Crippen molar-refractivity contribution >= 4 is 36.2 Å². The van der Waals surface area contributed by atoms with Gasteiger partial charge in [0.2, 0.25) is 0 Å². The molecular formula is C7H6Cl2N2O2Pt. The molecular weight excluding hydrogens is 410 g/mol. The van der Waals surface area contributed by atoms with Gasteiger partial charge in [0.1, 0.15) is 0 Å². The SMILES string of the molecule is [Cl][Pt+2][Cl].[NH-]c1ccc(C(=O)O)cc1[NH-]. The molecule has 1 aromatic carbocycles. The van der Waals surface area contributed by atoms with Crippen LogP contribution in [0, 0.1) is 0 Å². The molecule has 1 rings (SSSR count). The van der Waals surface area contributed by atoms with E-state index in [0.717, 1.165) is 6.07 Å². The quantitative estimate of drug-likeness (QED) is 0.747. The first kappa shape index (κ1) is 13.6. The third-order valence-electron chi connectivity index (χ3n) is 1.27. The van der Waals surface area contributed by atoms with E-state index in [1.165, 1.54) is 12.1 Å². The summed E-state index contributed by atoms with van der Waals surface area (Å²) in [5, 5.41) is 8.46. The second kappa shape index (κ2) is 6.93. The average Bonchev–Trinajstić information content (AvgIpc) is 2.10. The fourth-order valence-electron chi connectivity index (χ4n) is 0.677. The van der Waals surface area contributed by atoms with Crippen LogP contribution in [0.25, 0.3) is 11.5 Å². The van der Waals surface area contributed by atoms with Gasteiger partial charge < -0.3 is 16.6 Å². The molecule has 0 aliphatic rings. The topological polar surface area (TPSA) is 84.9 Å². The van der Waals surface area contributed by atoms with Gasteiger partial charge in [0.05, 0.1) is 5.56 Å². The summed E-state index contributed by atoms with van der Waals surface area (Å²) in [4.78, 5) is 10.3. The smallest absolute Gasteiger partial charge is 0.335 e. The molecule has 0 heterocycles. The van der Waals surface area contributed by atoms with Crippen molar-refractivity contribution in [3.63, 3.8) is 0 Å². The molecule has 0 fully saturated rings. The van der Waals surface area contributed by atoms with E-state index in [9.17, 15) is 4.79 Å². The number of aromatic carboxylic acids is 1. The summed E-state index contributed by atoms with van der Waals surface area (Å²) in [5.41, 5.74) is 14.2. The Labute approximate surface area is 97.6 Å². The van der Waals surface area contributed by atoms with Crippen LogP contribution in [-0.2, 0) is 16.5 Å². The Morgan fingerprint density at radius 1 is 1.29 bits per heavy atom. The van der Waals surface area contributed by atoms with Gasteiger partial charge in [0, 0.05) is 0 Å². The standard InChI is InChI=1S/C7H6N2O2.2ClH.Pt/c8-5-2-1-4(7(10)11)3-6(5)9;;;/h1-3,8-9H,(H,10,11);2*1H;/q-2;;;+4/p-2. The minimum Gasteiger partial charge on any atom is -0.700 e. The molecule has 0 saturated heterocycles. The zero-order valence-electron chi connectivity index (χ0n) is 6.66. The predicted octanol–water partition coefficient (Wildman–Crippen LogP) is 4.13. The molecule has 4 nitrogen and oxygen atoms in total. The van der Waals surface area contributed by atoms with Gasteiger partial charge in [0.25, 0.3) is 0 Å². The van der Waals surface area contributed by atoms with E-state index in [2.05, 4.69) is 0 Å². The summed E-state index contributed by atoms with van der Waals surface area (Å²) in [6, 6.07) is 3.76. The van der Waals surface area contributed by atoms with Crippen LogP contribution >= 0.6 is 18.8 Å². The van der Waals surface area contributed by atoms with Gasteiger partial charge in [-0.1, -0.05) is 12.1 Å². The summed E-state index contributed by atoms with van der Waals surface area (Å²) in [5.74, 6) is -1.07. The minimum atomic E-state index is -1.07. The van der Waals surface area contributed by atoms with Gasteiger partial charge >= 0.3 is 41.3 Å². The first-order chi connectivity index (χ1) is 6.52. The molecule has 7 heteroatoms. The van der Waals surface area contributed by atoms with E-state index < -0.39 is 22.5 Å². The Hall–Kier alpha value is -0.442. The van der Waals surface area contributed by atoms with Gasteiger partial charge in [-0.3, -0.25) is 0 Å². The fraction of sp³-hybridized carbons (Fsp3) is 0. The van der Waals surface area contributed by atoms with Crippen LogP contribution in [0.1, 0.15) is 10.4 Å². The first-order valence-corrected chi connectivity index (χ1v) is 8.79. The van der Waals surface area contributed by atoms with Crippen LogP contribution < -0.4 is 0 Å². The number of hydrogen-bond acceptors (Lipinski definition) is 1. The predicted molar refractivity (Wildman–Crippen MR) is 53.1 cm³/mol. The minimum absolute atomic E-state index is 0.0370. The van der Waals surface area contributed by atoms with Crippen LogP contribution in [-0.4, -0.2) is 11.1 Å². The molecule has 0 atom stereocenters. The van der Waals surface area contributed by atoms with E-state index in [1.807, 2.05) is 0 Å². The second-order valence-electron chi connectivity index (χ2n) is 2.11. The molecule has 0 saturated carbocycles. The third kappa shape index (κ3) is 4.70. The van der Waals surface area contributed by atoms with Crippen LogP contribution in [0.15, 0.2) is 18.2 Å². The largest absolute Gasteiger partial charge is 0.700 e. The van der Waals surface area contributed by atoms with E-state index in [0.29, 0.717) is 0 Å². The second-order valence-corrected chi connectivity index (χ2v) is 5.39. The van der Waals surface area contributed by atoms with Gasteiger partial charge in [-0.25, -0.2) is 4.79 Å². The van der Waals surface area contributed by atoms with Crippen LogP contribution in [0.5, 0.6) is 0 Å². The van der Waals surface area contributed by atoms with Crippen molar-refractivity contribution in [2.24, 2.45) is 0 Å². The summed E-state index contributed by atoms with van der Waals surface area (Å²) in [7, 11) is 9.75. The number of rotatable bonds is 1. The number of nitrogens with one attached hydrogen (secondary N) is 2. The number of carboxylic acids is 1. The molecule has 0 amide bonds. The van der Waals surface area contributed by atoms with Crippen LogP contribution in [0.3, 0.4) is 0 Å². The van der Waals surface area contributed by atoms with E-state index >= 15 is 0 Å². The molecule has 3 N–H and O–H groups in total. The molecule has 0 spiro atoms.